The summed E-state index contributed by atoms with van der Waals surface area (Å²) in [6, 6.07) is 10.3. The van der Waals surface area contributed by atoms with Crippen LogP contribution in [0.1, 0.15) is 5.56 Å². The molecule has 0 atom stereocenters. The van der Waals surface area contributed by atoms with Gasteiger partial charge in [-0.2, -0.15) is 0 Å². The second-order valence-corrected chi connectivity index (χ2v) is 3.45. The van der Waals surface area contributed by atoms with E-state index in [-0.39, 0.29) is 0 Å². The van der Waals surface area contributed by atoms with Gasteiger partial charge in [0.1, 0.15) is 6.20 Å². The van der Waals surface area contributed by atoms with Crippen LogP contribution in [0.5, 0.6) is 0 Å². The second-order valence-electron chi connectivity index (χ2n) is 3.45. The van der Waals surface area contributed by atoms with Crippen molar-refractivity contribution < 1.29 is 4.68 Å². The quantitative estimate of drug-likeness (QED) is 0.748. The predicted octanol–water partition coefficient (Wildman–Crippen LogP) is 1.71. The molecule has 1 heterocycles. The molecule has 1 aromatic carbocycles. The van der Waals surface area contributed by atoms with E-state index in [4.69, 9.17) is 0 Å². The average molecular weight is 200 g/mol. The largest absolute Gasteiger partial charge is 0.387 e. The van der Waals surface area contributed by atoms with Crippen LogP contribution >= 0.6 is 0 Å². The number of hydrogen-bond donors (Lipinski definition) is 1. The second kappa shape index (κ2) is 4.09. The Bertz CT molecular complexity index is 431. The van der Waals surface area contributed by atoms with Crippen LogP contribution in [0.3, 0.4) is 0 Å². The third-order valence-corrected chi connectivity index (χ3v) is 2.30. The summed E-state index contributed by atoms with van der Waals surface area (Å²) in [6.07, 6.45) is 3.75. The number of anilines is 1. The standard InChI is InChI=1S/C12H13N3/c1-10-3-5-12(6-4-10)15-8-7-11(13-2)9-14-15/h3-9H,1-2H3/p+1. The van der Waals surface area contributed by atoms with E-state index < -0.39 is 0 Å². The van der Waals surface area contributed by atoms with Gasteiger partial charge in [0.2, 0.25) is 11.9 Å². The minimum absolute atomic E-state index is 1.01. The van der Waals surface area contributed by atoms with E-state index >= 15 is 0 Å². The van der Waals surface area contributed by atoms with Crippen molar-refractivity contribution in [3.63, 3.8) is 0 Å². The van der Waals surface area contributed by atoms with E-state index in [1.807, 2.05) is 24.0 Å². The maximum Gasteiger partial charge on any atom is 0.238 e. The van der Waals surface area contributed by atoms with Gasteiger partial charge in [-0.1, -0.05) is 22.4 Å². The molecule has 0 aliphatic rings. The summed E-state index contributed by atoms with van der Waals surface area (Å²) in [5.41, 5.74) is 3.34. The van der Waals surface area contributed by atoms with Gasteiger partial charge in [0.15, 0.2) is 0 Å². The molecule has 0 saturated carbocycles. The van der Waals surface area contributed by atoms with Crippen LogP contribution in [0, 0.1) is 6.92 Å². The summed E-state index contributed by atoms with van der Waals surface area (Å²) in [7, 11) is 1.88. The highest BCUT2D eigenvalue weighted by atomic mass is 15.3. The highest BCUT2D eigenvalue weighted by molar-refractivity contribution is 5.37. The van der Waals surface area contributed by atoms with Gasteiger partial charge in [0, 0.05) is 25.2 Å². The van der Waals surface area contributed by atoms with Gasteiger partial charge in [-0.15, -0.1) is 0 Å². The van der Waals surface area contributed by atoms with Gasteiger partial charge in [-0.25, -0.2) is 0 Å². The summed E-state index contributed by atoms with van der Waals surface area (Å²) < 4.78 is 1.85. The molecule has 76 valence electrons. The van der Waals surface area contributed by atoms with Crippen LogP contribution < -0.4 is 10.00 Å². The Morgan fingerprint density at radius 1 is 1.13 bits per heavy atom. The highest BCUT2D eigenvalue weighted by Crippen LogP contribution is 2.03. The van der Waals surface area contributed by atoms with E-state index in [0.29, 0.717) is 0 Å². The van der Waals surface area contributed by atoms with Crippen LogP contribution in [-0.4, -0.2) is 12.1 Å². The van der Waals surface area contributed by atoms with E-state index in [9.17, 15) is 0 Å². The summed E-state index contributed by atoms with van der Waals surface area (Å²) in [5.74, 6) is 0. The SMILES string of the molecule is CNc1cc[n+](-c2ccc(C)cc2)nc1. The fourth-order valence-electron chi connectivity index (χ4n) is 1.35. The molecule has 0 aliphatic heterocycles. The average Bonchev–Trinajstić information content (AvgIpc) is 2.30. The first-order valence-corrected chi connectivity index (χ1v) is 4.92. The lowest BCUT2D eigenvalue weighted by atomic mass is 10.2. The van der Waals surface area contributed by atoms with Crippen LogP contribution in [0.15, 0.2) is 42.7 Å². The van der Waals surface area contributed by atoms with Crippen molar-refractivity contribution in [3.8, 4) is 5.69 Å². The Morgan fingerprint density at radius 3 is 2.40 bits per heavy atom. The number of rotatable bonds is 2. The van der Waals surface area contributed by atoms with Gasteiger partial charge < -0.3 is 5.32 Å². The molecular weight excluding hydrogens is 186 g/mol. The minimum Gasteiger partial charge on any atom is -0.387 e. The zero-order valence-electron chi connectivity index (χ0n) is 8.94. The first-order chi connectivity index (χ1) is 7.29. The van der Waals surface area contributed by atoms with Crippen molar-refractivity contribution in [3.05, 3.63) is 48.3 Å². The third kappa shape index (κ3) is 2.13. The first kappa shape index (κ1) is 9.65. The molecule has 0 fully saturated rings. The van der Waals surface area contributed by atoms with Gasteiger partial charge in [0.05, 0.1) is 5.69 Å². The monoisotopic (exact) mass is 200 g/mol. The Balaban J connectivity index is 2.33. The predicted molar refractivity (Wildman–Crippen MR) is 60.1 cm³/mol. The maximum absolute atomic E-state index is 4.30. The first-order valence-electron chi connectivity index (χ1n) is 4.92. The fraction of sp³-hybridized carbons (Fsp3) is 0.167. The number of aryl methyl sites for hydroxylation is 1. The molecule has 0 amide bonds. The van der Waals surface area contributed by atoms with Crippen molar-refractivity contribution in [1.82, 2.24) is 5.10 Å². The maximum atomic E-state index is 4.30. The van der Waals surface area contributed by atoms with E-state index in [0.717, 1.165) is 11.4 Å². The normalized spacial score (nSPS) is 10.0. The third-order valence-electron chi connectivity index (χ3n) is 2.30. The zero-order chi connectivity index (χ0) is 10.7. The minimum atomic E-state index is 1.01. The van der Waals surface area contributed by atoms with Crippen LogP contribution in [-0.2, 0) is 0 Å². The zero-order valence-corrected chi connectivity index (χ0v) is 8.94. The molecule has 0 radical (unpaired) electrons. The van der Waals surface area contributed by atoms with E-state index in [1.165, 1.54) is 5.56 Å². The molecule has 1 N–H and O–H groups in total. The van der Waals surface area contributed by atoms with Crippen LogP contribution in [0.4, 0.5) is 5.69 Å². The lowest BCUT2D eigenvalue weighted by molar-refractivity contribution is -0.659. The number of nitrogens with one attached hydrogen (secondary N) is 1. The van der Waals surface area contributed by atoms with Gasteiger partial charge >= 0.3 is 0 Å². The fourth-order valence-corrected chi connectivity index (χ4v) is 1.35. The summed E-state index contributed by atoms with van der Waals surface area (Å²) in [6.45, 7) is 2.08. The molecule has 0 spiro atoms. The van der Waals surface area contributed by atoms with Crippen LogP contribution in [0.2, 0.25) is 0 Å². The lowest BCUT2D eigenvalue weighted by Gasteiger charge is -1.97. The number of hydrogen-bond acceptors (Lipinski definition) is 2. The topological polar surface area (TPSA) is 28.8 Å². The molecule has 15 heavy (non-hydrogen) atoms. The smallest absolute Gasteiger partial charge is 0.238 e. The summed E-state index contributed by atoms with van der Waals surface area (Å²) >= 11 is 0. The van der Waals surface area contributed by atoms with Crippen LogP contribution in [0.25, 0.3) is 5.69 Å². The number of aromatic nitrogens is 2. The van der Waals surface area contributed by atoms with Gasteiger partial charge in [0.25, 0.3) is 0 Å². The Hall–Kier alpha value is -1.90. The van der Waals surface area contributed by atoms with E-state index in [1.54, 1.807) is 6.20 Å². The lowest BCUT2D eigenvalue weighted by Crippen LogP contribution is -2.34. The van der Waals surface area contributed by atoms with E-state index in [2.05, 4.69) is 41.6 Å². The summed E-state index contributed by atoms with van der Waals surface area (Å²) in [5, 5.41) is 7.34. The summed E-state index contributed by atoms with van der Waals surface area (Å²) in [4.78, 5) is 0. The number of benzene rings is 1. The molecule has 2 aromatic rings. The molecule has 0 aliphatic carbocycles. The molecule has 0 saturated heterocycles. The van der Waals surface area contributed by atoms with Gasteiger partial charge in [-0.05, 0) is 12.0 Å². The van der Waals surface area contributed by atoms with Crippen molar-refractivity contribution in [2.45, 2.75) is 6.92 Å². The Morgan fingerprint density at radius 2 is 1.87 bits per heavy atom. The molecule has 0 unspecified atom stereocenters. The molecule has 3 nitrogen and oxygen atoms in total. The van der Waals surface area contributed by atoms with Gasteiger partial charge in [-0.3, -0.25) is 0 Å². The van der Waals surface area contributed by atoms with Crippen molar-refractivity contribution in [2.24, 2.45) is 0 Å². The molecular formula is C12H14N3+. The van der Waals surface area contributed by atoms with Crippen molar-refractivity contribution in [1.29, 1.82) is 0 Å². The number of nitrogens with zero attached hydrogens (tertiary/aromatic N) is 2. The van der Waals surface area contributed by atoms with Crippen molar-refractivity contribution >= 4 is 5.69 Å². The molecule has 3 heteroatoms. The molecule has 2 rings (SSSR count). The molecule has 1 aromatic heterocycles. The molecule has 0 bridgehead atoms. The van der Waals surface area contributed by atoms with Crippen molar-refractivity contribution in [2.75, 3.05) is 12.4 Å². The Labute approximate surface area is 89.4 Å². The Kier molecular flexibility index (Phi) is 2.63. The highest BCUT2D eigenvalue weighted by Gasteiger charge is 2.05.